The fraction of sp³-hybridized carbons (Fsp3) is 0.500. The highest BCUT2D eigenvalue weighted by atomic mass is 32.1. The number of amides is 2. The first-order valence-electron chi connectivity index (χ1n) is 7.39. The van der Waals surface area contributed by atoms with Gasteiger partial charge in [0.25, 0.3) is 0 Å². The molecule has 0 radical (unpaired) electrons. The Bertz CT molecular complexity index is 577. The van der Waals surface area contributed by atoms with Gasteiger partial charge in [-0.1, -0.05) is 0 Å². The number of hydrogen-bond donors (Lipinski definition) is 1. The quantitative estimate of drug-likeness (QED) is 0.921. The lowest BCUT2D eigenvalue weighted by molar-refractivity contribution is 0.189. The number of aromatic nitrogens is 3. The Morgan fingerprint density at radius 3 is 2.82 bits per heavy atom. The van der Waals surface area contributed by atoms with E-state index in [0.717, 1.165) is 31.3 Å². The molecule has 2 amide bonds. The fourth-order valence-electron chi connectivity index (χ4n) is 2.51. The highest BCUT2D eigenvalue weighted by molar-refractivity contribution is 7.13. The number of anilines is 1. The molecule has 2 aromatic heterocycles. The Morgan fingerprint density at radius 2 is 2.18 bits per heavy atom. The number of carbonyl (C=O) groups excluding carboxylic acids is 1. The van der Waals surface area contributed by atoms with Gasteiger partial charge >= 0.3 is 6.03 Å². The van der Waals surface area contributed by atoms with Gasteiger partial charge in [0.15, 0.2) is 5.13 Å². The van der Waals surface area contributed by atoms with E-state index in [9.17, 15) is 4.79 Å². The number of piperazine rings is 1. The van der Waals surface area contributed by atoms with E-state index in [0.29, 0.717) is 6.54 Å². The topological polar surface area (TPSA) is 66.3 Å². The van der Waals surface area contributed by atoms with E-state index in [1.165, 1.54) is 0 Å². The third kappa shape index (κ3) is 3.56. The van der Waals surface area contributed by atoms with E-state index in [-0.39, 0.29) is 12.1 Å². The van der Waals surface area contributed by atoms with Crippen LogP contribution in [0.1, 0.15) is 6.92 Å². The first-order valence-corrected chi connectivity index (χ1v) is 8.27. The molecule has 8 heteroatoms. The molecular weight excluding hydrogens is 300 g/mol. The average molecular weight is 320 g/mol. The summed E-state index contributed by atoms with van der Waals surface area (Å²) in [6.07, 6.45) is 5.46. The lowest BCUT2D eigenvalue weighted by Gasteiger charge is -2.35. The lowest BCUT2D eigenvalue weighted by Crippen LogP contribution is -2.53. The maximum absolute atomic E-state index is 12.3. The summed E-state index contributed by atoms with van der Waals surface area (Å²) in [5, 5.41) is 10.2. The minimum atomic E-state index is -0.00144. The van der Waals surface area contributed by atoms with Crippen molar-refractivity contribution in [1.82, 2.24) is 25.0 Å². The predicted molar refractivity (Wildman–Crippen MR) is 86.1 cm³/mol. The summed E-state index contributed by atoms with van der Waals surface area (Å²) in [5.74, 6) is 0. The molecular formula is C14H20N6OS. The molecule has 0 aromatic carbocycles. The third-order valence-corrected chi connectivity index (χ3v) is 4.48. The molecule has 2 aromatic rings. The van der Waals surface area contributed by atoms with Crippen molar-refractivity contribution in [1.29, 1.82) is 0 Å². The van der Waals surface area contributed by atoms with Crippen molar-refractivity contribution >= 4 is 22.5 Å². The van der Waals surface area contributed by atoms with Gasteiger partial charge in [-0.25, -0.2) is 9.78 Å². The van der Waals surface area contributed by atoms with Gasteiger partial charge in [-0.2, -0.15) is 5.10 Å². The Labute approximate surface area is 133 Å². The van der Waals surface area contributed by atoms with E-state index >= 15 is 0 Å². The highest BCUT2D eigenvalue weighted by Gasteiger charge is 2.23. The summed E-state index contributed by atoms with van der Waals surface area (Å²) in [6.45, 7) is 5.77. The summed E-state index contributed by atoms with van der Waals surface area (Å²) >= 11 is 1.64. The lowest BCUT2D eigenvalue weighted by atomic mass is 10.3. The van der Waals surface area contributed by atoms with E-state index in [4.69, 9.17) is 0 Å². The Kier molecular flexibility index (Phi) is 4.57. The Morgan fingerprint density at radius 1 is 1.36 bits per heavy atom. The molecule has 1 N–H and O–H groups in total. The van der Waals surface area contributed by atoms with Crippen molar-refractivity contribution in [3.63, 3.8) is 0 Å². The van der Waals surface area contributed by atoms with Crippen molar-refractivity contribution in [3.05, 3.63) is 30.0 Å². The van der Waals surface area contributed by atoms with E-state index in [1.807, 2.05) is 40.3 Å². The molecule has 0 bridgehead atoms. The zero-order valence-corrected chi connectivity index (χ0v) is 13.4. The second-order valence-electron chi connectivity index (χ2n) is 5.37. The molecule has 3 heterocycles. The van der Waals surface area contributed by atoms with Crippen LogP contribution in [0.15, 0.2) is 30.0 Å². The van der Waals surface area contributed by atoms with E-state index in [2.05, 4.69) is 20.3 Å². The van der Waals surface area contributed by atoms with Gasteiger partial charge in [0.05, 0.1) is 6.54 Å². The van der Waals surface area contributed by atoms with Crippen LogP contribution in [0.25, 0.3) is 0 Å². The summed E-state index contributed by atoms with van der Waals surface area (Å²) in [7, 11) is 0. The number of carbonyl (C=O) groups is 1. The smallest absolute Gasteiger partial charge is 0.317 e. The third-order valence-electron chi connectivity index (χ3n) is 3.65. The number of nitrogens with one attached hydrogen (secondary N) is 1. The Hall–Kier alpha value is -2.09. The molecule has 0 aliphatic carbocycles. The predicted octanol–water partition coefficient (Wildman–Crippen LogP) is 1.26. The van der Waals surface area contributed by atoms with Crippen LogP contribution >= 0.6 is 11.3 Å². The van der Waals surface area contributed by atoms with Gasteiger partial charge in [0.2, 0.25) is 0 Å². The Balaban J connectivity index is 1.45. The summed E-state index contributed by atoms with van der Waals surface area (Å²) in [4.78, 5) is 20.7. The number of hydrogen-bond acceptors (Lipinski definition) is 5. The molecule has 1 saturated heterocycles. The van der Waals surface area contributed by atoms with E-state index < -0.39 is 0 Å². The van der Waals surface area contributed by atoms with Crippen LogP contribution in [0, 0.1) is 0 Å². The standard InChI is InChI=1S/C14H20N6OS/c1-12(11-20-5-2-3-16-20)17-13(21)18-6-8-19(9-7-18)14-15-4-10-22-14/h2-5,10,12H,6-9,11H2,1H3,(H,17,21). The molecule has 118 valence electrons. The van der Waals surface area contributed by atoms with Gasteiger partial charge in [0, 0.05) is 56.2 Å². The molecule has 3 rings (SSSR count). The number of rotatable bonds is 4. The van der Waals surface area contributed by atoms with Gasteiger partial charge < -0.3 is 15.1 Å². The van der Waals surface area contributed by atoms with Crippen LogP contribution in [0.3, 0.4) is 0 Å². The van der Waals surface area contributed by atoms with Crippen LogP contribution in [0.5, 0.6) is 0 Å². The van der Waals surface area contributed by atoms with Gasteiger partial charge in [-0.15, -0.1) is 11.3 Å². The maximum atomic E-state index is 12.3. The molecule has 0 saturated carbocycles. The molecule has 1 fully saturated rings. The zero-order chi connectivity index (χ0) is 15.4. The molecule has 1 atom stereocenters. The zero-order valence-electron chi connectivity index (χ0n) is 12.6. The second-order valence-corrected chi connectivity index (χ2v) is 6.24. The highest BCUT2D eigenvalue weighted by Crippen LogP contribution is 2.18. The molecule has 1 aliphatic rings. The van der Waals surface area contributed by atoms with Crippen molar-refractivity contribution < 1.29 is 4.79 Å². The summed E-state index contributed by atoms with van der Waals surface area (Å²) in [6, 6.07) is 1.93. The minimum Gasteiger partial charge on any atom is -0.345 e. The normalized spacial score (nSPS) is 16.6. The number of nitrogens with zero attached hydrogens (tertiary/aromatic N) is 5. The van der Waals surface area contributed by atoms with Gasteiger partial charge in [0.1, 0.15) is 0 Å². The molecule has 22 heavy (non-hydrogen) atoms. The maximum Gasteiger partial charge on any atom is 0.317 e. The van der Waals surface area contributed by atoms with Crippen molar-refractivity contribution in [3.8, 4) is 0 Å². The molecule has 1 unspecified atom stereocenters. The summed E-state index contributed by atoms with van der Waals surface area (Å²) < 4.78 is 1.82. The largest absolute Gasteiger partial charge is 0.345 e. The minimum absolute atomic E-state index is 0.00144. The van der Waals surface area contributed by atoms with Crippen molar-refractivity contribution in [2.24, 2.45) is 0 Å². The molecule has 0 spiro atoms. The second kappa shape index (κ2) is 6.78. The average Bonchev–Trinajstić information content (AvgIpc) is 3.20. The summed E-state index contributed by atoms with van der Waals surface area (Å²) in [5.41, 5.74) is 0. The van der Waals surface area contributed by atoms with E-state index in [1.54, 1.807) is 17.5 Å². The van der Waals surface area contributed by atoms with Crippen LogP contribution < -0.4 is 10.2 Å². The van der Waals surface area contributed by atoms with Gasteiger partial charge in [-0.05, 0) is 13.0 Å². The first-order chi connectivity index (χ1) is 10.7. The number of urea groups is 1. The van der Waals surface area contributed by atoms with Crippen LogP contribution in [0.4, 0.5) is 9.93 Å². The molecule has 7 nitrogen and oxygen atoms in total. The van der Waals surface area contributed by atoms with Crippen LogP contribution in [0.2, 0.25) is 0 Å². The monoisotopic (exact) mass is 320 g/mol. The SMILES string of the molecule is CC(Cn1cccn1)NC(=O)N1CCN(c2nccs2)CC1. The molecule has 1 aliphatic heterocycles. The first kappa shape index (κ1) is 14.8. The fourth-order valence-corrected chi connectivity index (χ4v) is 3.21. The van der Waals surface area contributed by atoms with Crippen LogP contribution in [-0.2, 0) is 6.54 Å². The number of thiazole rings is 1. The van der Waals surface area contributed by atoms with Crippen molar-refractivity contribution in [2.75, 3.05) is 31.1 Å². The van der Waals surface area contributed by atoms with Crippen molar-refractivity contribution in [2.45, 2.75) is 19.5 Å². The van der Waals surface area contributed by atoms with Crippen LogP contribution in [-0.4, -0.2) is 57.9 Å². The van der Waals surface area contributed by atoms with Gasteiger partial charge in [-0.3, -0.25) is 4.68 Å².